The molecule has 0 heterocycles. The maximum absolute atomic E-state index is 11.4. The maximum Gasteiger partial charge on any atom is 0.280 e. The molecule has 1 rings (SSSR count). The minimum Gasteiger partial charge on any atom is -0.314 e. The molecule has 0 unspecified atom stereocenters. The minimum atomic E-state index is -0.543. The Morgan fingerprint density at radius 2 is 1.30 bits per heavy atom. The van der Waals surface area contributed by atoms with E-state index in [9.17, 15) is 20.2 Å². The van der Waals surface area contributed by atoms with Crippen molar-refractivity contribution in [3.63, 3.8) is 0 Å². The fraction of sp³-hybridized carbons (Fsp3) is 0.684. The zero-order valence-corrected chi connectivity index (χ0v) is 17.1. The first-order valence-electron chi connectivity index (χ1n) is 9.67. The fourth-order valence-corrected chi connectivity index (χ4v) is 3.64. The topological polar surface area (TPSA) is 95.5 Å². The van der Waals surface area contributed by atoms with Crippen molar-refractivity contribution in [2.24, 2.45) is 0 Å². The summed E-state index contributed by atoms with van der Waals surface area (Å²) in [5.41, 5.74) is -0.177. The van der Waals surface area contributed by atoms with Gasteiger partial charge in [0.25, 0.3) is 11.4 Å². The third kappa shape index (κ3) is 8.71. The van der Waals surface area contributed by atoms with Crippen molar-refractivity contribution in [1.82, 2.24) is 0 Å². The van der Waals surface area contributed by atoms with Crippen molar-refractivity contribution in [3.8, 4) is 0 Å². The summed E-state index contributed by atoms with van der Waals surface area (Å²) in [5.74, 6) is 0. The van der Waals surface area contributed by atoms with E-state index in [1.165, 1.54) is 57.8 Å². The van der Waals surface area contributed by atoms with Crippen molar-refractivity contribution >= 4 is 23.4 Å². The molecule has 7 nitrogen and oxygen atoms in total. The first-order chi connectivity index (χ1) is 13.0. The minimum absolute atomic E-state index is 0.195. The Morgan fingerprint density at radius 3 is 1.70 bits per heavy atom. The van der Waals surface area contributed by atoms with Crippen molar-refractivity contribution < 1.29 is 14.0 Å². The second-order valence-corrected chi connectivity index (χ2v) is 7.61. The van der Waals surface area contributed by atoms with Gasteiger partial charge in [-0.05, 0) is 12.8 Å². The SMILES string of the molecule is CCCCCCCCCCCCc1c([N+](=O)[O-])cc(SOC)cc1[N+](=O)[O-]. The van der Waals surface area contributed by atoms with Gasteiger partial charge in [-0.15, -0.1) is 0 Å². The molecule has 0 N–H and O–H groups in total. The molecule has 0 amide bonds. The van der Waals surface area contributed by atoms with Gasteiger partial charge in [0.2, 0.25) is 0 Å². The Balaban J connectivity index is 2.56. The van der Waals surface area contributed by atoms with Crippen LogP contribution in [0.3, 0.4) is 0 Å². The first kappa shape index (κ1) is 23.4. The van der Waals surface area contributed by atoms with Gasteiger partial charge >= 0.3 is 0 Å². The number of hydrogen-bond donors (Lipinski definition) is 0. The molecule has 0 spiro atoms. The summed E-state index contributed by atoms with van der Waals surface area (Å²) in [7, 11) is 1.42. The van der Waals surface area contributed by atoms with Gasteiger partial charge in [-0.25, -0.2) is 0 Å². The molecule has 1 aromatic carbocycles. The van der Waals surface area contributed by atoms with Crippen LogP contribution in [0.2, 0.25) is 0 Å². The molecule has 0 aromatic heterocycles. The predicted molar refractivity (Wildman–Crippen MR) is 108 cm³/mol. The first-order valence-corrected chi connectivity index (χ1v) is 10.4. The van der Waals surface area contributed by atoms with Gasteiger partial charge in [-0.2, -0.15) is 0 Å². The molecule has 0 aliphatic rings. The highest BCUT2D eigenvalue weighted by atomic mass is 32.2. The van der Waals surface area contributed by atoms with E-state index >= 15 is 0 Å². The molecule has 27 heavy (non-hydrogen) atoms. The Kier molecular flexibility index (Phi) is 11.7. The Hall–Kier alpha value is -1.67. The van der Waals surface area contributed by atoms with Crippen LogP contribution in [0.15, 0.2) is 17.0 Å². The Morgan fingerprint density at radius 1 is 0.852 bits per heavy atom. The second kappa shape index (κ2) is 13.5. The lowest BCUT2D eigenvalue weighted by Crippen LogP contribution is -2.02. The number of nitrogens with zero attached hydrogens (tertiary/aromatic N) is 2. The van der Waals surface area contributed by atoms with Gasteiger partial charge in [-0.3, -0.25) is 20.2 Å². The van der Waals surface area contributed by atoms with Crippen LogP contribution in [-0.4, -0.2) is 17.0 Å². The molecule has 1 aromatic rings. The molecule has 0 saturated carbocycles. The van der Waals surface area contributed by atoms with Crippen molar-refractivity contribution in [2.45, 2.75) is 82.4 Å². The molecule has 0 bridgehead atoms. The summed E-state index contributed by atoms with van der Waals surface area (Å²) in [5, 5.41) is 22.7. The number of unbranched alkanes of at least 4 members (excludes halogenated alkanes) is 9. The Labute approximate surface area is 165 Å². The molecule has 0 aliphatic heterocycles. The largest absolute Gasteiger partial charge is 0.314 e. The van der Waals surface area contributed by atoms with E-state index in [1.807, 2.05) is 0 Å². The smallest absolute Gasteiger partial charge is 0.280 e. The monoisotopic (exact) mass is 398 g/mol. The van der Waals surface area contributed by atoms with Crippen LogP contribution in [0.4, 0.5) is 11.4 Å². The molecule has 0 saturated heterocycles. The standard InChI is InChI=1S/C19H30N2O5S/c1-3-4-5-6-7-8-9-10-11-12-13-17-18(20(22)23)14-16(27-26-2)15-19(17)21(24)25/h14-15H,3-13H2,1-2H3. The van der Waals surface area contributed by atoms with E-state index in [-0.39, 0.29) is 16.9 Å². The van der Waals surface area contributed by atoms with Crippen LogP contribution in [0.5, 0.6) is 0 Å². The Bertz CT molecular complexity index is 575. The third-order valence-corrected chi connectivity index (χ3v) is 5.12. The zero-order valence-electron chi connectivity index (χ0n) is 16.3. The van der Waals surface area contributed by atoms with Crippen LogP contribution in [0, 0.1) is 20.2 Å². The van der Waals surface area contributed by atoms with Crippen LogP contribution < -0.4 is 0 Å². The normalized spacial score (nSPS) is 10.9. The highest BCUT2D eigenvalue weighted by molar-refractivity contribution is 7.94. The summed E-state index contributed by atoms with van der Waals surface area (Å²) in [6, 6.07) is 2.71. The van der Waals surface area contributed by atoms with E-state index in [2.05, 4.69) is 6.92 Å². The lowest BCUT2D eigenvalue weighted by atomic mass is 10.0. The van der Waals surface area contributed by atoms with E-state index in [1.54, 1.807) is 0 Å². The van der Waals surface area contributed by atoms with Gasteiger partial charge in [0, 0.05) is 29.1 Å². The number of hydrogen-bond acceptors (Lipinski definition) is 6. The van der Waals surface area contributed by atoms with E-state index in [4.69, 9.17) is 4.18 Å². The van der Waals surface area contributed by atoms with Gasteiger partial charge < -0.3 is 4.18 Å². The molecule has 0 aliphatic carbocycles. The fourth-order valence-electron chi connectivity index (χ4n) is 3.13. The molecular weight excluding hydrogens is 368 g/mol. The molecular formula is C19H30N2O5S. The molecule has 0 atom stereocenters. The van der Waals surface area contributed by atoms with Gasteiger partial charge in [0.05, 0.1) is 17.0 Å². The summed E-state index contributed by atoms with van der Waals surface area (Å²) >= 11 is 0.883. The average Bonchev–Trinajstić information content (AvgIpc) is 2.63. The number of nitro benzene ring substituents is 2. The van der Waals surface area contributed by atoms with Crippen LogP contribution in [-0.2, 0) is 10.6 Å². The number of rotatable bonds is 15. The van der Waals surface area contributed by atoms with Crippen LogP contribution in [0.1, 0.15) is 76.7 Å². The lowest BCUT2D eigenvalue weighted by Gasteiger charge is -2.07. The predicted octanol–water partition coefficient (Wildman–Crippen LogP) is 6.62. The van der Waals surface area contributed by atoms with Crippen molar-refractivity contribution in [2.75, 3.05) is 7.11 Å². The molecule has 0 radical (unpaired) electrons. The van der Waals surface area contributed by atoms with Gasteiger partial charge in [0.1, 0.15) is 5.56 Å². The van der Waals surface area contributed by atoms with Crippen LogP contribution >= 0.6 is 12.0 Å². The average molecular weight is 399 g/mol. The zero-order chi connectivity index (χ0) is 20.1. The quantitative estimate of drug-likeness (QED) is 0.142. The maximum atomic E-state index is 11.4. The third-order valence-electron chi connectivity index (χ3n) is 4.53. The summed E-state index contributed by atoms with van der Waals surface area (Å²) in [4.78, 5) is 22.0. The molecule has 8 heteroatoms. The highest BCUT2D eigenvalue weighted by Gasteiger charge is 2.26. The lowest BCUT2D eigenvalue weighted by molar-refractivity contribution is -0.395. The summed E-state index contributed by atoms with van der Waals surface area (Å²) in [6.45, 7) is 2.21. The van der Waals surface area contributed by atoms with Crippen LogP contribution in [0.25, 0.3) is 0 Å². The molecule has 152 valence electrons. The van der Waals surface area contributed by atoms with E-state index < -0.39 is 9.85 Å². The highest BCUT2D eigenvalue weighted by Crippen LogP contribution is 2.35. The van der Waals surface area contributed by atoms with Crippen molar-refractivity contribution in [1.29, 1.82) is 0 Å². The van der Waals surface area contributed by atoms with E-state index in [0.717, 1.165) is 31.3 Å². The second-order valence-electron chi connectivity index (χ2n) is 6.64. The van der Waals surface area contributed by atoms with E-state index in [0.29, 0.717) is 17.7 Å². The summed E-state index contributed by atoms with van der Waals surface area (Å²) < 4.78 is 4.88. The van der Waals surface area contributed by atoms with Gasteiger partial charge in [-0.1, -0.05) is 64.7 Å². The summed E-state index contributed by atoms with van der Waals surface area (Å²) in [6.07, 6.45) is 11.8. The number of benzene rings is 1. The van der Waals surface area contributed by atoms with Crippen molar-refractivity contribution in [3.05, 3.63) is 37.9 Å². The number of nitro groups is 2. The van der Waals surface area contributed by atoms with Gasteiger partial charge in [0.15, 0.2) is 0 Å². The molecule has 0 fully saturated rings.